The van der Waals surface area contributed by atoms with E-state index in [0.29, 0.717) is 37.1 Å². The van der Waals surface area contributed by atoms with Gasteiger partial charge in [-0.1, -0.05) is 0 Å². The maximum Gasteiger partial charge on any atom is 0.272 e. The monoisotopic (exact) mass is 438 g/mol. The summed E-state index contributed by atoms with van der Waals surface area (Å²) in [6.07, 6.45) is 1.59. The van der Waals surface area contributed by atoms with Gasteiger partial charge in [-0.05, 0) is 18.2 Å². The Bertz CT molecular complexity index is 1150. The molecule has 1 fully saturated rings. The fraction of sp³-hybridized carbons (Fsp3) is 0.389. The van der Waals surface area contributed by atoms with Gasteiger partial charge in [-0.25, -0.2) is 32.2 Å². The van der Waals surface area contributed by atoms with Gasteiger partial charge < -0.3 is 14.2 Å². The summed E-state index contributed by atoms with van der Waals surface area (Å²) in [7, 11) is -1.93. The number of nitrogens with zero attached hydrogens (tertiary/aromatic N) is 6. The molecule has 2 aromatic heterocycles. The average molecular weight is 438 g/mol. The predicted octanol–water partition coefficient (Wildman–Crippen LogP) is 1.52. The first-order chi connectivity index (χ1) is 14.3. The van der Waals surface area contributed by atoms with Crippen molar-refractivity contribution in [2.75, 3.05) is 37.7 Å². The number of ether oxygens (including phenoxy) is 1. The van der Waals surface area contributed by atoms with E-state index in [9.17, 15) is 17.2 Å². The number of fused-ring (bicyclic) bond motifs is 1. The normalized spacial score (nSPS) is 15.8. The van der Waals surface area contributed by atoms with Crippen LogP contribution >= 0.6 is 0 Å². The van der Waals surface area contributed by atoms with Crippen molar-refractivity contribution in [3.05, 3.63) is 37.1 Å². The van der Waals surface area contributed by atoms with Crippen LogP contribution in [0, 0.1) is 0 Å². The van der Waals surface area contributed by atoms with Gasteiger partial charge in [-0.3, -0.25) is 0 Å². The summed E-state index contributed by atoms with van der Waals surface area (Å²) in [5.74, 6) is 0.0958. The summed E-state index contributed by atoms with van der Waals surface area (Å²) in [4.78, 5) is 14.1. The van der Waals surface area contributed by atoms with Crippen molar-refractivity contribution in [1.29, 1.82) is 0 Å². The lowest BCUT2D eigenvalue weighted by Crippen LogP contribution is -2.48. The number of anilines is 1. The number of piperazine rings is 1. The summed E-state index contributed by atoms with van der Waals surface area (Å²) in [5, 5.41) is 0.557. The van der Waals surface area contributed by atoms with Crippen LogP contribution in [-0.2, 0) is 17.1 Å². The summed E-state index contributed by atoms with van der Waals surface area (Å²) >= 11 is 0. The third-order valence-corrected chi connectivity index (χ3v) is 6.60. The molecule has 12 heteroatoms. The van der Waals surface area contributed by atoms with E-state index < -0.39 is 23.1 Å². The molecule has 160 valence electrons. The van der Waals surface area contributed by atoms with Crippen LogP contribution in [0.3, 0.4) is 0 Å². The first-order valence-electron chi connectivity index (χ1n) is 9.23. The number of aryl methyl sites for hydroxylation is 1. The van der Waals surface area contributed by atoms with Crippen LogP contribution in [0.15, 0.2) is 42.1 Å². The van der Waals surface area contributed by atoms with Gasteiger partial charge in [-0.15, -0.1) is 0 Å². The zero-order valence-corrected chi connectivity index (χ0v) is 17.0. The standard InChI is InChI=1S/C18H20F2N6O3S/c1-24-9-17(23-12-24)30(27,28)26-6-4-25(5-7-26)13-2-3-15-14(8-13)18(22-11-21-15)29-10-16(19)20/h2-3,8-9,11-12,16H,4-7,10H2,1H3. The van der Waals surface area contributed by atoms with E-state index in [1.54, 1.807) is 23.7 Å². The average Bonchev–Trinajstić information content (AvgIpc) is 3.19. The lowest BCUT2D eigenvalue weighted by atomic mass is 10.2. The first kappa shape index (κ1) is 20.4. The van der Waals surface area contributed by atoms with Crippen LogP contribution < -0.4 is 9.64 Å². The van der Waals surface area contributed by atoms with E-state index in [4.69, 9.17) is 4.74 Å². The minimum atomic E-state index is -3.64. The summed E-state index contributed by atoms with van der Waals surface area (Å²) in [5.41, 5.74) is 1.39. The zero-order chi connectivity index (χ0) is 21.3. The van der Waals surface area contributed by atoms with Crippen LogP contribution in [0.1, 0.15) is 0 Å². The summed E-state index contributed by atoms with van der Waals surface area (Å²) in [6.45, 7) is 0.797. The molecule has 0 aliphatic carbocycles. The van der Waals surface area contributed by atoms with Crippen LogP contribution in [0.2, 0.25) is 0 Å². The van der Waals surface area contributed by atoms with Gasteiger partial charge in [-0.2, -0.15) is 4.31 Å². The van der Waals surface area contributed by atoms with E-state index in [2.05, 4.69) is 15.0 Å². The Morgan fingerprint density at radius 2 is 1.90 bits per heavy atom. The van der Waals surface area contributed by atoms with Crippen molar-refractivity contribution in [2.24, 2.45) is 7.05 Å². The highest BCUT2D eigenvalue weighted by Crippen LogP contribution is 2.28. The highest BCUT2D eigenvalue weighted by atomic mass is 32.2. The second kappa shape index (κ2) is 8.11. The largest absolute Gasteiger partial charge is 0.471 e. The van der Waals surface area contributed by atoms with Gasteiger partial charge in [0.25, 0.3) is 16.4 Å². The SMILES string of the molecule is Cn1cnc(S(=O)(=O)N2CCN(c3ccc4ncnc(OCC(F)F)c4c3)CC2)c1. The molecule has 4 rings (SSSR count). The number of benzene rings is 1. The Labute approximate surface area is 172 Å². The summed E-state index contributed by atoms with van der Waals surface area (Å²) < 4.78 is 58.6. The van der Waals surface area contributed by atoms with E-state index in [0.717, 1.165) is 5.69 Å². The molecule has 1 saturated heterocycles. The molecular formula is C18H20F2N6O3S. The van der Waals surface area contributed by atoms with Crippen molar-refractivity contribution in [3.63, 3.8) is 0 Å². The fourth-order valence-corrected chi connectivity index (χ4v) is 4.70. The lowest BCUT2D eigenvalue weighted by Gasteiger charge is -2.35. The quantitative estimate of drug-likeness (QED) is 0.576. The van der Waals surface area contributed by atoms with Crippen molar-refractivity contribution < 1.29 is 21.9 Å². The molecular weight excluding hydrogens is 418 g/mol. The predicted molar refractivity (Wildman–Crippen MR) is 105 cm³/mol. The number of alkyl halides is 2. The van der Waals surface area contributed by atoms with Gasteiger partial charge in [0.2, 0.25) is 5.88 Å². The van der Waals surface area contributed by atoms with Crippen LogP contribution in [-0.4, -0.2) is 71.5 Å². The van der Waals surface area contributed by atoms with Crippen LogP contribution in [0.4, 0.5) is 14.5 Å². The van der Waals surface area contributed by atoms with Crippen LogP contribution in [0.5, 0.6) is 5.88 Å². The summed E-state index contributed by atoms with van der Waals surface area (Å²) in [6, 6.07) is 5.40. The number of hydrogen-bond donors (Lipinski definition) is 0. The van der Waals surface area contributed by atoms with E-state index in [1.807, 2.05) is 11.0 Å². The van der Waals surface area contributed by atoms with Crippen molar-refractivity contribution >= 4 is 26.6 Å². The minimum Gasteiger partial charge on any atom is -0.471 e. The molecule has 3 aromatic rings. The molecule has 0 bridgehead atoms. The van der Waals surface area contributed by atoms with Gasteiger partial charge in [0, 0.05) is 45.1 Å². The molecule has 0 spiro atoms. The van der Waals surface area contributed by atoms with Crippen molar-refractivity contribution in [2.45, 2.75) is 11.5 Å². The number of imidazole rings is 1. The van der Waals surface area contributed by atoms with Crippen molar-refractivity contribution in [1.82, 2.24) is 23.8 Å². The Hall–Kier alpha value is -2.86. The molecule has 0 atom stereocenters. The Balaban J connectivity index is 1.51. The number of halogens is 2. The molecule has 0 N–H and O–H groups in total. The van der Waals surface area contributed by atoms with Gasteiger partial charge in [0.15, 0.2) is 11.6 Å². The molecule has 0 radical (unpaired) electrons. The number of hydrogen-bond acceptors (Lipinski definition) is 7. The van der Waals surface area contributed by atoms with Crippen LogP contribution in [0.25, 0.3) is 10.9 Å². The maximum absolute atomic E-state index is 12.7. The molecule has 1 aliphatic rings. The second-order valence-corrected chi connectivity index (χ2v) is 8.74. The maximum atomic E-state index is 12.7. The third kappa shape index (κ3) is 4.05. The minimum absolute atomic E-state index is 0.0297. The number of sulfonamides is 1. The molecule has 0 saturated carbocycles. The highest BCUT2D eigenvalue weighted by Gasteiger charge is 2.30. The zero-order valence-electron chi connectivity index (χ0n) is 16.1. The van der Waals surface area contributed by atoms with E-state index >= 15 is 0 Å². The van der Waals surface area contributed by atoms with Gasteiger partial charge in [0.05, 0.1) is 17.2 Å². The molecule has 3 heterocycles. The lowest BCUT2D eigenvalue weighted by molar-refractivity contribution is 0.0804. The Kier molecular flexibility index (Phi) is 5.52. The van der Waals surface area contributed by atoms with Gasteiger partial charge in [0.1, 0.15) is 6.33 Å². The fourth-order valence-electron chi connectivity index (χ4n) is 3.32. The molecule has 9 nitrogen and oxygen atoms in total. The number of rotatable bonds is 6. The number of aromatic nitrogens is 4. The highest BCUT2D eigenvalue weighted by molar-refractivity contribution is 7.89. The van der Waals surface area contributed by atoms with E-state index in [-0.39, 0.29) is 10.9 Å². The molecule has 0 amide bonds. The Morgan fingerprint density at radius 1 is 1.13 bits per heavy atom. The smallest absolute Gasteiger partial charge is 0.272 e. The Morgan fingerprint density at radius 3 is 2.57 bits per heavy atom. The topological polar surface area (TPSA) is 93.5 Å². The third-order valence-electron chi connectivity index (χ3n) is 4.82. The van der Waals surface area contributed by atoms with Crippen molar-refractivity contribution in [3.8, 4) is 5.88 Å². The second-order valence-electron chi connectivity index (χ2n) is 6.85. The molecule has 1 aromatic carbocycles. The van der Waals surface area contributed by atoms with Gasteiger partial charge >= 0.3 is 0 Å². The molecule has 0 unspecified atom stereocenters. The molecule has 30 heavy (non-hydrogen) atoms. The van der Waals surface area contributed by atoms with E-state index in [1.165, 1.54) is 23.2 Å². The first-order valence-corrected chi connectivity index (χ1v) is 10.7. The molecule has 1 aliphatic heterocycles.